The van der Waals surface area contributed by atoms with Gasteiger partial charge in [0.2, 0.25) is 0 Å². The van der Waals surface area contributed by atoms with Crippen LogP contribution in [-0.4, -0.2) is 51.9 Å². The normalized spacial score (nSPS) is 16.1. The molecule has 1 aromatic rings. The average Bonchev–Trinajstić information content (AvgIpc) is 3.05. The van der Waals surface area contributed by atoms with E-state index in [1.54, 1.807) is 11.1 Å². The van der Waals surface area contributed by atoms with Gasteiger partial charge in [-0.2, -0.15) is 5.10 Å². The van der Waals surface area contributed by atoms with E-state index in [-0.39, 0.29) is 23.5 Å². The molecule has 1 aliphatic rings. The molecular weight excluding hydrogens is 380 g/mol. The number of hydrogen-bond acceptors (Lipinski definition) is 4. The Hall–Kier alpha value is -2.05. The number of ether oxygens (including phenoxy) is 1. The standard InChI is InChI=1S/C23H40N4O3/c1-16(2)9-12-24-20(28)18-15-25-27(22(3,4)5)19(18)17-10-13-26(14-11-17)21(29)30-23(6,7)8/h15-17H,9-14H2,1-8H3,(H,24,28). The van der Waals surface area contributed by atoms with Gasteiger partial charge in [0, 0.05) is 25.6 Å². The maximum Gasteiger partial charge on any atom is 0.410 e. The summed E-state index contributed by atoms with van der Waals surface area (Å²) in [6.45, 7) is 18.1. The van der Waals surface area contributed by atoms with E-state index in [0.29, 0.717) is 31.1 Å². The van der Waals surface area contributed by atoms with Crippen molar-refractivity contribution in [3.8, 4) is 0 Å². The Morgan fingerprint density at radius 2 is 1.77 bits per heavy atom. The Kier molecular flexibility index (Phi) is 7.59. The Labute approximate surface area is 181 Å². The second kappa shape index (κ2) is 9.40. The number of carbonyl (C=O) groups is 2. The quantitative estimate of drug-likeness (QED) is 0.759. The highest BCUT2D eigenvalue weighted by molar-refractivity contribution is 5.95. The number of nitrogens with zero attached hydrogens (tertiary/aromatic N) is 3. The van der Waals surface area contributed by atoms with E-state index in [1.165, 1.54) is 0 Å². The fraction of sp³-hybridized carbons (Fsp3) is 0.783. The van der Waals surface area contributed by atoms with E-state index < -0.39 is 5.60 Å². The summed E-state index contributed by atoms with van der Waals surface area (Å²) in [7, 11) is 0. The number of rotatable bonds is 5. The average molecular weight is 421 g/mol. The molecule has 2 amide bonds. The van der Waals surface area contributed by atoms with Crippen molar-refractivity contribution in [1.29, 1.82) is 0 Å². The van der Waals surface area contributed by atoms with E-state index in [4.69, 9.17) is 4.74 Å². The third-order valence-corrected chi connectivity index (χ3v) is 5.23. The smallest absolute Gasteiger partial charge is 0.410 e. The van der Waals surface area contributed by atoms with Crippen LogP contribution < -0.4 is 5.32 Å². The zero-order valence-electron chi connectivity index (χ0n) is 20.0. The van der Waals surface area contributed by atoms with Gasteiger partial charge in [0.05, 0.1) is 23.0 Å². The van der Waals surface area contributed by atoms with Crippen molar-refractivity contribution in [2.24, 2.45) is 5.92 Å². The van der Waals surface area contributed by atoms with E-state index in [2.05, 4.69) is 45.0 Å². The molecule has 1 fully saturated rings. The van der Waals surface area contributed by atoms with Gasteiger partial charge in [0.1, 0.15) is 5.60 Å². The third-order valence-electron chi connectivity index (χ3n) is 5.23. The van der Waals surface area contributed by atoms with Crippen LogP contribution in [0.2, 0.25) is 0 Å². The summed E-state index contributed by atoms with van der Waals surface area (Å²) in [6, 6.07) is 0. The van der Waals surface area contributed by atoms with Crippen LogP contribution in [-0.2, 0) is 10.3 Å². The van der Waals surface area contributed by atoms with Crippen molar-refractivity contribution in [1.82, 2.24) is 20.0 Å². The van der Waals surface area contributed by atoms with Gasteiger partial charge in [-0.05, 0) is 66.7 Å². The molecule has 1 aliphatic heterocycles. The van der Waals surface area contributed by atoms with Crippen LogP contribution in [0.1, 0.15) is 96.6 Å². The summed E-state index contributed by atoms with van der Waals surface area (Å²) in [5, 5.41) is 7.63. The largest absolute Gasteiger partial charge is 0.444 e. The summed E-state index contributed by atoms with van der Waals surface area (Å²) < 4.78 is 7.50. The van der Waals surface area contributed by atoms with Crippen molar-refractivity contribution >= 4 is 12.0 Å². The van der Waals surface area contributed by atoms with E-state index in [0.717, 1.165) is 25.0 Å². The molecule has 0 spiro atoms. The molecule has 0 saturated carbocycles. The van der Waals surface area contributed by atoms with Crippen molar-refractivity contribution in [2.75, 3.05) is 19.6 Å². The van der Waals surface area contributed by atoms with Crippen LogP contribution >= 0.6 is 0 Å². The summed E-state index contributed by atoms with van der Waals surface area (Å²) in [5.41, 5.74) is 0.909. The van der Waals surface area contributed by atoms with Gasteiger partial charge >= 0.3 is 6.09 Å². The van der Waals surface area contributed by atoms with Crippen molar-refractivity contribution in [3.63, 3.8) is 0 Å². The first kappa shape index (κ1) is 24.2. The molecule has 7 nitrogen and oxygen atoms in total. The molecule has 7 heteroatoms. The predicted octanol–water partition coefficient (Wildman–Crippen LogP) is 4.53. The number of hydrogen-bond donors (Lipinski definition) is 1. The summed E-state index contributed by atoms with van der Waals surface area (Å²) >= 11 is 0. The fourth-order valence-corrected chi connectivity index (χ4v) is 3.69. The van der Waals surface area contributed by atoms with Gasteiger partial charge in [0.15, 0.2) is 0 Å². The van der Waals surface area contributed by atoms with Crippen LogP contribution in [0.4, 0.5) is 4.79 Å². The van der Waals surface area contributed by atoms with Crippen LogP contribution in [0.25, 0.3) is 0 Å². The minimum Gasteiger partial charge on any atom is -0.444 e. The van der Waals surface area contributed by atoms with Crippen molar-refractivity contribution in [2.45, 2.75) is 91.7 Å². The molecule has 0 radical (unpaired) electrons. The molecule has 170 valence electrons. The van der Waals surface area contributed by atoms with Crippen LogP contribution in [0.3, 0.4) is 0 Å². The highest BCUT2D eigenvalue weighted by atomic mass is 16.6. The first-order valence-electron chi connectivity index (χ1n) is 11.1. The molecule has 0 atom stereocenters. The first-order chi connectivity index (χ1) is 13.8. The maximum atomic E-state index is 12.9. The molecule has 1 aromatic heterocycles. The maximum absolute atomic E-state index is 12.9. The van der Waals surface area contributed by atoms with E-state index in [1.807, 2.05) is 25.5 Å². The zero-order valence-corrected chi connectivity index (χ0v) is 20.0. The van der Waals surface area contributed by atoms with Gasteiger partial charge in [-0.1, -0.05) is 13.8 Å². The SMILES string of the molecule is CC(C)CCNC(=O)c1cnn(C(C)(C)C)c1C1CCN(C(=O)OC(C)(C)C)CC1. The molecule has 1 saturated heterocycles. The molecule has 0 aliphatic carbocycles. The summed E-state index contributed by atoms with van der Waals surface area (Å²) in [4.78, 5) is 27.1. The Morgan fingerprint density at radius 3 is 2.27 bits per heavy atom. The van der Waals surface area contributed by atoms with Crippen LogP contribution in [0.15, 0.2) is 6.20 Å². The summed E-state index contributed by atoms with van der Waals surface area (Å²) in [5.74, 6) is 0.659. The Morgan fingerprint density at radius 1 is 1.17 bits per heavy atom. The second-order valence-electron chi connectivity index (χ2n) is 10.7. The van der Waals surface area contributed by atoms with Gasteiger partial charge in [-0.15, -0.1) is 0 Å². The first-order valence-corrected chi connectivity index (χ1v) is 11.1. The van der Waals surface area contributed by atoms with E-state index in [9.17, 15) is 9.59 Å². The molecular formula is C23H40N4O3. The lowest BCUT2D eigenvalue weighted by atomic mass is 9.90. The number of aromatic nitrogens is 2. The number of likely N-dealkylation sites (tertiary alicyclic amines) is 1. The summed E-state index contributed by atoms with van der Waals surface area (Å²) in [6.07, 6.45) is 3.95. The third kappa shape index (κ3) is 6.47. The molecule has 2 heterocycles. The Bertz CT molecular complexity index is 733. The van der Waals surface area contributed by atoms with Gasteiger partial charge in [-0.25, -0.2) is 4.79 Å². The van der Waals surface area contributed by atoms with Crippen molar-refractivity contribution in [3.05, 3.63) is 17.5 Å². The van der Waals surface area contributed by atoms with Crippen molar-refractivity contribution < 1.29 is 14.3 Å². The predicted molar refractivity (Wildman–Crippen MR) is 119 cm³/mol. The lowest BCUT2D eigenvalue weighted by Gasteiger charge is -2.35. The lowest BCUT2D eigenvalue weighted by Crippen LogP contribution is -2.42. The second-order valence-corrected chi connectivity index (χ2v) is 10.7. The highest BCUT2D eigenvalue weighted by Gasteiger charge is 2.33. The number of piperidine rings is 1. The molecule has 2 rings (SSSR count). The monoisotopic (exact) mass is 420 g/mol. The molecule has 30 heavy (non-hydrogen) atoms. The number of nitrogens with one attached hydrogen (secondary N) is 1. The molecule has 0 bridgehead atoms. The topological polar surface area (TPSA) is 76.5 Å². The highest BCUT2D eigenvalue weighted by Crippen LogP contribution is 2.33. The molecule has 0 unspecified atom stereocenters. The fourth-order valence-electron chi connectivity index (χ4n) is 3.69. The minimum atomic E-state index is -0.500. The number of amides is 2. The van der Waals surface area contributed by atoms with E-state index >= 15 is 0 Å². The van der Waals surface area contributed by atoms with Crippen LogP contribution in [0, 0.1) is 5.92 Å². The lowest BCUT2D eigenvalue weighted by molar-refractivity contribution is 0.0201. The zero-order chi connectivity index (χ0) is 22.7. The van der Waals surface area contributed by atoms with Gasteiger partial charge < -0.3 is 15.0 Å². The van der Waals surface area contributed by atoms with Gasteiger partial charge in [0.25, 0.3) is 5.91 Å². The number of carbonyl (C=O) groups excluding carboxylic acids is 2. The minimum absolute atomic E-state index is 0.0595. The molecule has 0 aromatic carbocycles. The Balaban J connectivity index is 2.17. The van der Waals surface area contributed by atoms with Gasteiger partial charge in [-0.3, -0.25) is 9.48 Å². The molecule has 1 N–H and O–H groups in total. The van der Waals surface area contributed by atoms with Crippen LogP contribution in [0.5, 0.6) is 0 Å².